The third-order valence-electron chi connectivity index (χ3n) is 4.67. The fourth-order valence-corrected chi connectivity index (χ4v) is 3.49. The van der Waals surface area contributed by atoms with Crippen LogP contribution in [0, 0.1) is 0 Å². The summed E-state index contributed by atoms with van der Waals surface area (Å²) < 4.78 is 0. The van der Waals surface area contributed by atoms with Crippen molar-refractivity contribution >= 4 is 10.8 Å². The molecule has 0 saturated carbocycles. The Morgan fingerprint density at radius 3 is 2.08 bits per heavy atom. The smallest absolute Gasteiger partial charge is 0.0558 e. The van der Waals surface area contributed by atoms with Crippen molar-refractivity contribution in [3.63, 3.8) is 0 Å². The quantitative estimate of drug-likeness (QED) is 0.663. The number of aliphatic hydroxyl groups excluding tert-OH is 2. The van der Waals surface area contributed by atoms with E-state index in [1.165, 1.54) is 21.9 Å². The third-order valence-corrected chi connectivity index (χ3v) is 4.67. The van der Waals surface area contributed by atoms with Crippen LogP contribution < -0.4 is 0 Å². The van der Waals surface area contributed by atoms with Gasteiger partial charge in [0.1, 0.15) is 0 Å². The lowest BCUT2D eigenvalue weighted by molar-refractivity contribution is 0.121. The molecular weight excluding hydrogens is 310 g/mol. The molecule has 1 atom stereocenters. The Kier molecular flexibility index (Phi) is 6.18. The summed E-state index contributed by atoms with van der Waals surface area (Å²) >= 11 is 0. The zero-order valence-corrected chi connectivity index (χ0v) is 14.4. The topological polar surface area (TPSA) is 43.7 Å². The fourth-order valence-electron chi connectivity index (χ4n) is 3.49. The van der Waals surface area contributed by atoms with Crippen molar-refractivity contribution in [2.24, 2.45) is 0 Å². The van der Waals surface area contributed by atoms with Crippen molar-refractivity contribution < 1.29 is 10.2 Å². The van der Waals surface area contributed by atoms with Crippen LogP contribution >= 0.6 is 0 Å². The maximum absolute atomic E-state index is 9.52. The van der Waals surface area contributed by atoms with Gasteiger partial charge in [0.25, 0.3) is 0 Å². The van der Waals surface area contributed by atoms with E-state index in [0.29, 0.717) is 13.1 Å². The number of hydrogen-bond donors (Lipinski definition) is 2. The van der Waals surface area contributed by atoms with Gasteiger partial charge in [-0.15, -0.1) is 0 Å². The minimum atomic E-state index is 0.0794. The first-order chi connectivity index (χ1) is 12.3. The molecule has 0 radical (unpaired) electrons. The Labute approximate surface area is 149 Å². The van der Waals surface area contributed by atoms with Crippen molar-refractivity contribution in [3.8, 4) is 0 Å². The zero-order valence-electron chi connectivity index (χ0n) is 14.4. The van der Waals surface area contributed by atoms with Crippen LogP contribution in [-0.2, 0) is 6.42 Å². The highest BCUT2D eigenvalue weighted by Gasteiger charge is 2.22. The first kappa shape index (κ1) is 17.6. The Bertz CT molecular complexity index is 777. The molecule has 0 saturated heterocycles. The van der Waals surface area contributed by atoms with Gasteiger partial charge in [-0.1, -0.05) is 72.8 Å². The lowest BCUT2D eigenvalue weighted by atomic mass is 9.93. The predicted molar refractivity (Wildman–Crippen MR) is 103 cm³/mol. The fraction of sp³-hybridized carbons (Fsp3) is 0.273. The molecule has 130 valence electrons. The largest absolute Gasteiger partial charge is 0.395 e. The van der Waals surface area contributed by atoms with E-state index in [1.54, 1.807) is 0 Å². The highest BCUT2D eigenvalue weighted by molar-refractivity contribution is 5.86. The maximum Gasteiger partial charge on any atom is 0.0558 e. The van der Waals surface area contributed by atoms with E-state index in [9.17, 15) is 10.2 Å². The Hall–Kier alpha value is -2.20. The first-order valence-corrected chi connectivity index (χ1v) is 8.81. The summed E-state index contributed by atoms with van der Waals surface area (Å²) in [5.41, 5.74) is 2.49. The van der Waals surface area contributed by atoms with Gasteiger partial charge in [0.05, 0.1) is 13.2 Å². The lowest BCUT2D eigenvalue weighted by Crippen LogP contribution is -2.35. The molecule has 0 aromatic heterocycles. The summed E-state index contributed by atoms with van der Waals surface area (Å²) in [5, 5.41) is 21.5. The molecule has 0 aliphatic rings. The molecule has 0 bridgehead atoms. The molecule has 3 nitrogen and oxygen atoms in total. The summed E-state index contributed by atoms with van der Waals surface area (Å²) in [7, 11) is 0. The van der Waals surface area contributed by atoms with Gasteiger partial charge >= 0.3 is 0 Å². The summed E-state index contributed by atoms with van der Waals surface area (Å²) in [5.74, 6) is 0. The number of rotatable bonds is 8. The Morgan fingerprint density at radius 1 is 0.720 bits per heavy atom. The standard InChI is InChI=1S/C22H25NO2/c24-15-13-23(14-16-25)22(17-18-7-2-1-3-8-18)21-12-6-10-19-9-4-5-11-20(19)21/h1-12,22,24-25H,13-17H2/t22-/m1/s1. The lowest BCUT2D eigenvalue weighted by Gasteiger charge is -2.32. The van der Waals surface area contributed by atoms with E-state index in [0.717, 1.165) is 6.42 Å². The van der Waals surface area contributed by atoms with Gasteiger partial charge in [-0.25, -0.2) is 0 Å². The van der Waals surface area contributed by atoms with E-state index in [4.69, 9.17) is 0 Å². The van der Waals surface area contributed by atoms with Crippen LogP contribution in [0.1, 0.15) is 17.2 Å². The minimum absolute atomic E-state index is 0.0794. The monoisotopic (exact) mass is 335 g/mol. The average molecular weight is 335 g/mol. The van der Waals surface area contributed by atoms with Gasteiger partial charge in [0.2, 0.25) is 0 Å². The highest BCUT2D eigenvalue weighted by Crippen LogP contribution is 2.31. The van der Waals surface area contributed by atoms with Crippen molar-refractivity contribution in [1.29, 1.82) is 0 Å². The SMILES string of the molecule is OCCN(CCO)[C@H](Cc1ccccc1)c1cccc2ccccc12. The van der Waals surface area contributed by atoms with Crippen LogP contribution in [0.3, 0.4) is 0 Å². The van der Waals surface area contributed by atoms with E-state index in [1.807, 2.05) is 6.07 Å². The number of aliphatic hydroxyl groups is 2. The molecular formula is C22H25NO2. The molecule has 0 unspecified atom stereocenters. The van der Waals surface area contributed by atoms with Crippen LogP contribution in [-0.4, -0.2) is 41.4 Å². The second-order valence-electron chi connectivity index (χ2n) is 6.26. The number of fused-ring (bicyclic) bond motifs is 1. The molecule has 3 aromatic rings. The highest BCUT2D eigenvalue weighted by atomic mass is 16.3. The van der Waals surface area contributed by atoms with Gasteiger partial charge in [0.15, 0.2) is 0 Å². The maximum atomic E-state index is 9.52. The summed E-state index contributed by atoms with van der Waals surface area (Å²) in [6.07, 6.45) is 0.842. The normalized spacial score (nSPS) is 12.6. The predicted octanol–water partition coefficient (Wildman–Crippen LogP) is 3.41. The van der Waals surface area contributed by atoms with Crippen molar-refractivity contribution in [1.82, 2.24) is 4.90 Å². The molecule has 3 aromatic carbocycles. The molecule has 0 spiro atoms. The van der Waals surface area contributed by atoms with E-state index in [2.05, 4.69) is 71.6 Å². The molecule has 2 N–H and O–H groups in total. The van der Waals surface area contributed by atoms with E-state index >= 15 is 0 Å². The summed E-state index contributed by atoms with van der Waals surface area (Å²) in [6.45, 7) is 1.24. The number of benzene rings is 3. The average Bonchev–Trinajstić information content (AvgIpc) is 2.66. The molecule has 0 heterocycles. The summed E-state index contributed by atoms with van der Waals surface area (Å²) in [4.78, 5) is 2.18. The van der Waals surface area contributed by atoms with Gasteiger partial charge in [-0.3, -0.25) is 4.90 Å². The second kappa shape index (κ2) is 8.77. The zero-order chi connectivity index (χ0) is 17.5. The molecule has 3 rings (SSSR count). The van der Waals surface area contributed by atoms with Gasteiger partial charge < -0.3 is 10.2 Å². The van der Waals surface area contributed by atoms with E-state index < -0.39 is 0 Å². The Morgan fingerprint density at radius 2 is 1.36 bits per heavy atom. The van der Waals surface area contributed by atoms with Crippen molar-refractivity contribution in [3.05, 3.63) is 83.9 Å². The molecule has 3 heteroatoms. The van der Waals surface area contributed by atoms with Gasteiger partial charge in [0, 0.05) is 19.1 Å². The summed E-state index contributed by atoms with van der Waals surface area (Å²) in [6, 6.07) is 25.3. The minimum Gasteiger partial charge on any atom is -0.395 e. The van der Waals surface area contributed by atoms with Gasteiger partial charge in [-0.05, 0) is 28.3 Å². The first-order valence-electron chi connectivity index (χ1n) is 8.81. The van der Waals surface area contributed by atoms with Crippen LogP contribution in [0.4, 0.5) is 0 Å². The van der Waals surface area contributed by atoms with Crippen LogP contribution in [0.25, 0.3) is 10.8 Å². The van der Waals surface area contributed by atoms with Crippen LogP contribution in [0.15, 0.2) is 72.8 Å². The van der Waals surface area contributed by atoms with Crippen molar-refractivity contribution in [2.45, 2.75) is 12.5 Å². The molecule has 25 heavy (non-hydrogen) atoms. The molecule has 0 amide bonds. The van der Waals surface area contributed by atoms with Crippen LogP contribution in [0.2, 0.25) is 0 Å². The Balaban J connectivity index is 2.05. The van der Waals surface area contributed by atoms with Crippen molar-refractivity contribution in [2.75, 3.05) is 26.3 Å². The second-order valence-corrected chi connectivity index (χ2v) is 6.26. The number of nitrogens with zero attached hydrogens (tertiary/aromatic N) is 1. The van der Waals surface area contributed by atoms with Crippen LogP contribution in [0.5, 0.6) is 0 Å². The molecule has 0 aliphatic carbocycles. The van der Waals surface area contributed by atoms with Gasteiger partial charge in [-0.2, -0.15) is 0 Å². The molecule has 0 fully saturated rings. The van der Waals surface area contributed by atoms with E-state index in [-0.39, 0.29) is 19.3 Å². The molecule has 0 aliphatic heterocycles. The number of hydrogen-bond acceptors (Lipinski definition) is 3. The third kappa shape index (κ3) is 4.26.